The molecule has 6 nitrogen and oxygen atoms in total. The van der Waals surface area contributed by atoms with Crippen LogP contribution in [-0.4, -0.2) is 41.1 Å². The Morgan fingerprint density at radius 1 is 1.13 bits per heavy atom. The second-order valence-corrected chi connectivity index (χ2v) is 8.52. The normalized spacial score (nSPS) is 17.2. The Morgan fingerprint density at radius 2 is 1.77 bits per heavy atom. The largest absolute Gasteiger partial charge is 0.460 e. The predicted molar refractivity (Wildman–Crippen MR) is 112 cm³/mol. The lowest BCUT2D eigenvalue weighted by molar-refractivity contribution is -0.157. The molecule has 0 N–H and O–H groups in total. The van der Waals surface area contributed by atoms with E-state index in [0.29, 0.717) is 12.0 Å². The Bertz CT molecular complexity index is 937. The van der Waals surface area contributed by atoms with E-state index in [1.54, 1.807) is 20.8 Å². The van der Waals surface area contributed by atoms with Crippen LogP contribution in [0.2, 0.25) is 0 Å². The van der Waals surface area contributed by atoms with Gasteiger partial charge in [-0.1, -0.05) is 42.5 Å². The Balaban J connectivity index is 1.87. The number of carbonyl (C=O) groups is 3. The molecule has 0 bridgehead atoms. The summed E-state index contributed by atoms with van der Waals surface area (Å²) in [4.78, 5) is 39.5. The van der Waals surface area contributed by atoms with E-state index in [1.807, 2.05) is 30.3 Å². The number of rotatable bonds is 6. The van der Waals surface area contributed by atoms with Crippen LogP contribution in [0.15, 0.2) is 54.6 Å². The highest BCUT2D eigenvalue weighted by molar-refractivity contribution is 5.98. The van der Waals surface area contributed by atoms with Crippen LogP contribution >= 0.6 is 0 Å². The second kappa shape index (κ2) is 9.29. The monoisotopic (exact) mass is 427 g/mol. The molecule has 7 heteroatoms. The summed E-state index contributed by atoms with van der Waals surface area (Å²) in [6, 6.07) is 14.3. The number of imide groups is 1. The van der Waals surface area contributed by atoms with Gasteiger partial charge in [0, 0.05) is 0 Å². The molecule has 2 aromatic carbocycles. The van der Waals surface area contributed by atoms with Crippen molar-refractivity contribution in [1.82, 2.24) is 4.90 Å². The molecule has 31 heavy (non-hydrogen) atoms. The number of carbonyl (C=O) groups excluding carboxylic acids is 3. The van der Waals surface area contributed by atoms with E-state index in [2.05, 4.69) is 0 Å². The van der Waals surface area contributed by atoms with Crippen molar-refractivity contribution in [3.63, 3.8) is 0 Å². The van der Waals surface area contributed by atoms with Crippen LogP contribution in [0.4, 0.5) is 9.18 Å². The van der Waals surface area contributed by atoms with Gasteiger partial charge in [-0.25, -0.2) is 14.1 Å². The minimum Gasteiger partial charge on any atom is -0.460 e. The molecule has 2 amide bonds. The smallest absolute Gasteiger partial charge is 0.417 e. The Morgan fingerprint density at radius 3 is 2.39 bits per heavy atom. The van der Waals surface area contributed by atoms with Crippen LogP contribution in [0.25, 0.3) is 0 Å². The summed E-state index contributed by atoms with van der Waals surface area (Å²) >= 11 is 0. The second-order valence-electron chi connectivity index (χ2n) is 8.52. The molecule has 1 fully saturated rings. The van der Waals surface area contributed by atoms with Crippen LogP contribution < -0.4 is 0 Å². The molecule has 0 spiro atoms. The molecular formula is C24H26FNO5. The minimum atomic E-state index is -1.00. The third-order valence-electron chi connectivity index (χ3n) is 4.87. The number of hydrogen-bond acceptors (Lipinski definition) is 5. The first kappa shape index (κ1) is 22.5. The molecule has 1 saturated heterocycles. The highest BCUT2D eigenvalue weighted by Gasteiger charge is 2.42. The van der Waals surface area contributed by atoms with Crippen LogP contribution in [0.5, 0.6) is 0 Å². The molecule has 0 unspecified atom stereocenters. The summed E-state index contributed by atoms with van der Waals surface area (Å²) in [5, 5.41) is 0. The number of hydrogen-bond donors (Lipinski definition) is 0. The molecular weight excluding hydrogens is 401 g/mol. The molecule has 1 aliphatic heterocycles. The number of halogens is 1. The lowest BCUT2D eigenvalue weighted by Crippen LogP contribution is -2.43. The molecule has 1 heterocycles. The average molecular weight is 427 g/mol. The van der Waals surface area contributed by atoms with Crippen LogP contribution in [-0.2, 0) is 25.5 Å². The zero-order chi connectivity index (χ0) is 22.6. The molecule has 3 rings (SSSR count). The van der Waals surface area contributed by atoms with E-state index in [4.69, 9.17) is 9.47 Å². The van der Waals surface area contributed by atoms with Gasteiger partial charge in [0.2, 0.25) is 5.91 Å². The fourth-order valence-corrected chi connectivity index (χ4v) is 3.53. The highest BCUT2D eigenvalue weighted by atomic mass is 19.1. The summed E-state index contributed by atoms with van der Waals surface area (Å²) < 4.78 is 24.0. The molecule has 0 saturated carbocycles. The third-order valence-corrected chi connectivity index (χ3v) is 4.87. The summed E-state index contributed by atoms with van der Waals surface area (Å²) in [6.07, 6.45) is -0.591. The number of nitrogens with zero attached hydrogens (tertiary/aromatic N) is 1. The lowest BCUT2D eigenvalue weighted by Gasteiger charge is -2.26. The van der Waals surface area contributed by atoms with E-state index >= 15 is 0 Å². The number of ether oxygens (including phenoxy) is 2. The molecule has 0 aromatic heterocycles. The first-order valence-corrected chi connectivity index (χ1v) is 10.1. The summed E-state index contributed by atoms with van der Waals surface area (Å²) in [7, 11) is 0. The van der Waals surface area contributed by atoms with E-state index in [1.165, 1.54) is 24.3 Å². The fourth-order valence-electron chi connectivity index (χ4n) is 3.53. The van der Waals surface area contributed by atoms with Crippen molar-refractivity contribution in [3.8, 4) is 0 Å². The maximum Gasteiger partial charge on any atom is 0.417 e. The zero-order valence-electron chi connectivity index (χ0n) is 17.8. The lowest BCUT2D eigenvalue weighted by atomic mass is 9.93. The average Bonchev–Trinajstić information content (AvgIpc) is 3.06. The van der Waals surface area contributed by atoms with Gasteiger partial charge in [-0.05, 0) is 50.5 Å². The van der Waals surface area contributed by atoms with Crippen LogP contribution in [0.3, 0.4) is 0 Å². The van der Waals surface area contributed by atoms with Crippen molar-refractivity contribution in [3.05, 3.63) is 71.5 Å². The summed E-state index contributed by atoms with van der Waals surface area (Å²) in [6.45, 7) is 5.26. The van der Waals surface area contributed by atoms with E-state index < -0.39 is 41.3 Å². The van der Waals surface area contributed by atoms with Gasteiger partial charge in [-0.2, -0.15) is 0 Å². The van der Waals surface area contributed by atoms with Gasteiger partial charge in [-0.15, -0.1) is 0 Å². The first-order chi connectivity index (χ1) is 14.6. The Labute approximate surface area is 180 Å². The van der Waals surface area contributed by atoms with Gasteiger partial charge in [-0.3, -0.25) is 9.59 Å². The van der Waals surface area contributed by atoms with E-state index in [9.17, 15) is 18.8 Å². The summed E-state index contributed by atoms with van der Waals surface area (Å²) in [5.74, 6) is -2.61. The van der Waals surface area contributed by atoms with Crippen molar-refractivity contribution < 1.29 is 28.2 Å². The quantitative estimate of drug-likeness (QED) is 0.645. The topological polar surface area (TPSA) is 72.9 Å². The standard InChI is InChI=1S/C24H26FNO5/c1-24(2,3)31-21(27)14-20(17-9-11-18(25)12-10-17)22(28)26-19(15-30-23(26)29)13-16-7-5-4-6-8-16/h4-12,19-20H,13-15H2,1-3H3/t19-,20-/m1/s1. The zero-order valence-corrected chi connectivity index (χ0v) is 17.8. The van der Waals surface area contributed by atoms with Gasteiger partial charge in [0.05, 0.1) is 18.4 Å². The molecule has 164 valence electrons. The fraction of sp³-hybridized carbons (Fsp3) is 0.375. The number of cyclic esters (lactones) is 1. The van der Waals surface area contributed by atoms with Gasteiger partial charge in [0.1, 0.15) is 18.0 Å². The van der Waals surface area contributed by atoms with Gasteiger partial charge in [0.15, 0.2) is 0 Å². The number of amides is 2. The third kappa shape index (κ3) is 5.90. The minimum absolute atomic E-state index is 0.0715. The number of esters is 1. The highest BCUT2D eigenvalue weighted by Crippen LogP contribution is 2.28. The van der Waals surface area contributed by atoms with Gasteiger partial charge >= 0.3 is 12.1 Å². The Kier molecular flexibility index (Phi) is 6.73. The van der Waals surface area contributed by atoms with Crippen LogP contribution in [0, 0.1) is 5.82 Å². The van der Waals surface area contributed by atoms with Crippen molar-refractivity contribution in [2.45, 2.75) is 51.2 Å². The predicted octanol–water partition coefficient (Wildman–Crippen LogP) is 4.23. The maximum absolute atomic E-state index is 13.5. The maximum atomic E-state index is 13.5. The molecule has 1 aliphatic rings. The van der Waals surface area contributed by atoms with Gasteiger partial charge < -0.3 is 9.47 Å². The van der Waals surface area contributed by atoms with E-state index in [-0.39, 0.29) is 13.0 Å². The summed E-state index contributed by atoms with van der Waals surface area (Å²) in [5.41, 5.74) is 0.653. The van der Waals surface area contributed by atoms with Crippen molar-refractivity contribution in [2.75, 3.05) is 6.61 Å². The number of benzene rings is 2. The first-order valence-electron chi connectivity index (χ1n) is 10.1. The van der Waals surface area contributed by atoms with Crippen molar-refractivity contribution >= 4 is 18.0 Å². The van der Waals surface area contributed by atoms with E-state index in [0.717, 1.165) is 10.5 Å². The van der Waals surface area contributed by atoms with Gasteiger partial charge in [0.25, 0.3) is 0 Å². The Hall–Kier alpha value is -3.22. The molecule has 2 atom stereocenters. The molecule has 2 aromatic rings. The SMILES string of the molecule is CC(C)(C)OC(=O)C[C@@H](C(=O)N1C(=O)OC[C@H]1Cc1ccccc1)c1ccc(F)cc1. The molecule has 0 aliphatic carbocycles. The van der Waals surface area contributed by atoms with Crippen molar-refractivity contribution in [1.29, 1.82) is 0 Å². The van der Waals surface area contributed by atoms with Crippen LogP contribution in [0.1, 0.15) is 44.2 Å². The van der Waals surface area contributed by atoms with Crippen molar-refractivity contribution in [2.24, 2.45) is 0 Å². The molecule has 0 radical (unpaired) electrons.